The molecule has 0 radical (unpaired) electrons. The molecule has 6 nitrogen and oxygen atoms in total. The average molecular weight is 417 g/mol. The summed E-state index contributed by atoms with van der Waals surface area (Å²) in [5.74, 6) is 0.192. The van der Waals surface area contributed by atoms with Gasteiger partial charge in [0, 0.05) is 28.7 Å². The zero-order chi connectivity index (χ0) is 21.3. The molecule has 1 heterocycles. The lowest BCUT2D eigenvalue weighted by Crippen LogP contribution is -2.34. The molecule has 1 saturated carbocycles. The summed E-state index contributed by atoms with van der Waals surface area (Å²) in [7, 11) is 0. The Morgan fingerprint density at radius 2 is 1.97 bits per heavy atom. The number of aromatic amines is 1. The number of rotatable bonds is 4. The highest BCUT2D eigenvalue weighted by Gasteiger charge is 2.30. The van der Waals surface area contributed by atoms with E-state index >= 15 is 0 Å². The number of aromatic nitrogens is 2. The monoisotopic (exact) mass is 417 g/mol. The minimum atomic E-state index is -4.43. The van der Waals surface area contributed by atoms with Gasteiger partial charge >= 0.3 is 6.18 Å². The lowest BCUT2D eigenvalue weighted by molar-refractivity contribution is -0.137. The van der Waals surface area contributed by atoms with Crippen molar-refractivity contribution >= 4 is 34.0 Å². The molecule has 0 bridgehead atoms. The van der Waals surface area contributed by atoms with E-state index in [0.29, 0.717) is 28.8 Å². The molecule has 1 aliphatic carbocycles. The fourth-order valence-electron chi connectivity index (χ4n) is 3.81. The first kappa shape index (κ1) is 20.2. The van der Waals surface area contributed by atoms with Gasteiger partial charge in [0.15, 0.2) is 5.82 Å². The first-order valence-corrected chi connectivity index (χ1v) is 9.78. The smallest absolute Gasteiger partial charge is 0.338 e. The number of halogens is 3. The predicted molar refractivity (Wildman–Crippen MR) is 109 cm³/mol. The van der Waals surface area contributed by atoms with Crippen LogP contribution in [0.5, 0.6) is 0 Å². The van der Waals surface area contributed by atoms with E-state index in [1.807, 2.05) is 0 Å². The minimum Gasteiger partial charge on any atom is -0.338 e. The Morgan fingerprint density at radius 3 is 2.73 bits per heavy atom. The van der Waals surface area contributed by atoms with Crippen LogP contribution in [0.4, 0.5) is 30.4 Å². The SMILES string of the molecule is NC1CCCC(C(=O)Nc2ccc3[nH]nc(Nc4cccc(C(F)(F)F)c4)c3c2)C1. The Hall–Kier alpha value is -3.07. The van der Waals surface area contributed by atoms with Crippen molar-refractivity contribution in [1.82, 2.24) is 10.2 Å². The predicted octanol–water partition coefficient (Wildman–Crippen LogP) is 4.78. The minimum absolute atomic E-state index is 0.0501. The van der Waals surface area contributed by atoms with Gasteiger partial charge in [0.1, 0.15) is 0 Å². The number of nitrogens with two attached hydrogens (primary N) is 1. The van der Waals surface area contributed by atoms with Crippen LogP contribution in [0.25, 0.3) is 10.9 Å². The molecule has 158 valence electrons. The van der Waals surface area contributed by atoms with Crippen molar-refractivity contribution in [2.24, 2.45) is 11.7 Å². The van der Waals surface area contributed by atoms with Gasteiger partial charge in [-0.15, -0.1) is 0 Å². The van der Waals surface area contributed by atoms with Crippen molar-refractivity contribution < 1.29 is 18.0 Å². The number of carbonyl (C=O) groups is 1. The Balaban J connectivity index is 1.54. The van der Waals surface area contributed by atoms with Crippen LogP contribution in [-0.2, 0) is 11.0 Å². The van der Waals surface area contributed by atoms with Gasteiger partial charge in [-0.2, -0.15) is 18.3 Å². The number of hydrogen-bond acceptors (Lipinski definition) is 4. The van der Waals surface area contributed by atoms with E-state index in [-0.39, 0.29) is 23.6 Å². The van der Waals surface area contributed by atoms with E-state index in [4.69, 9.17) is 5.73 Å². The second-order valence-corrected chi connectivity index (χ2v) is 7.65. The number of alkyl halides is 3. The number of hydrogen-bond donors (Lipinski definition) is 4. The van der Waals surface area contributed by atoms with E-state index in [1.54, 1.807) is 18.2 Å². The average Bonchev–Trinajstić information content (AvgIpc) is 3.09. The van der Waals surface area contributed by atoms with Crippen molar-refractivity contribution in [3.05, 3.63) is 48.0 Å². The van der Waals surface area contributed by atoms with E-state index in [9.17, 15) is 18.0 Å². The fraction of sp³-hybridized carbons (Fsp3) is 0.333. The molecule has 30 heavy (non-hydrogen) atoms. The summed E-state index contributed by atoms with van der Waals surface area (Å²) < 4.78 is 38.9. The zero-order valence-electron chi connectivity index (χ0n) is 16.1. The highest BCUT2D eigenvalue weighted by Crippen LogP contribution is 2.33. The van der Waals surface area contributed by atoms with Crippen LogP contribution in [0.15, 0.2) is 42.5 Å². The quantitative estimate of drug-likeness (QED) is 0.491. The Labute approximate surface area is 171 Å². The van der Waals surface area contributed by atoms with Gasteiger partial charge in [-0.25, -0.2) is 0 Å². The number of fused-ring (bicyclic) bond motifs is 1. The molecule has 3 aromatic rings. The maximum Gasteiger partial charge on any atom is 0.416 e. The second kappa shape index (κ2) is 7.98. The Morgan fingerprint density at radius 1 is 1.13 bits per heavy atom. The third-order valence-electron chi connectivity index (χ3n) is 5.37. The maximum atomic E-state index is 13.0. The van der Waals surface area contributed by atoms with E-state index in [2.05, 4.69) is 20.8 Å². The molecule has 1 amide bonds. The molecule has 2 aromatic carbocycles. The molecule has 1 fully saturated rings. The number of anilines is 3. The van der Waals surface area contributed by atoms with Gasteiger partial charge in [-0.1, -0.05) is 12.5 Å². The molecule has 2 unspecified atom stereocenters. The van der Waals surface area contributed by atoms with E-state index in [0.717, 1.165) is 31.4 Å². The van der Waals surface area contributed by atoms with Gasteiger partial charge in [0.25, 0.3) is 0 Å². The van der Waals surface area contributed by atoms with Crippen LogP contribution in [0.3, 0.4) is 0 Å². The zero-order valence-corrected chi connectivity index (χ0v) is 16.1. The summed E-state index contributed by atoms with van der Waals surface area (Å²) in [6.07, 6.45) is -1.07. The summed E-state index contributed by atoms with van der Waals surface area (Å²) in [5.41, 5.74) is 6.79. The topological polar surface area (TPSA) is 95.8 Å². The summed E-state index contributed by atoms with van der Waals surface area (Å²) in [6, 6.07) is 10.2. The number of nitrogens with one attached hydrogen (secondary N) is 3. The maximum absolute atomic E-state index is 13.0. The molecule has 4 rings (SSSR count). The molecule has 2 atom stereocenters. The van der Waals surface area contributed by atoms with Crippen LogP contribution in [0.2, 0.25) is 0 Å². The molecule has 5 N–H and O–H groups in total. The van der Waals surface area contributed by atoms with Crippen LogP contribution in [0.1, 0.15) is 31.2 Å². The highest BCUT2D eigenvalue weighted by molar-refractivity contribution is 5.98. The molecule has 0 spiro atoms. The van der Waals surface area contributed by atoms with Crippen LogP contribution in [0, 0.1) is 5.92 Å². The van der Waals surface area contributed by atoms with Crippen molar-refractivity contribution in [1.29, 1.82) is 0 Å². The van der Waals surface area contributed by atoms with E-state index in [1.165, 1.54) is 12.1 Å². The molecule has 1 aliphatic rings. The van der Waals surface area contributed by atoms with Gasteiger partial charge in [-0.05, 0) is 55.7 Å². The molecule has 0 aliphatic heterocycles. The van der Waals surface area contributed by atoms with Gasteiger partial charge in [0.2, 0.25) is 5.91 Å². The summed E-state index contributed by atoms with van der Waals surface area (Å²) in [6.45, 7) is 0. The largest absolute Gasteiger partial charge is 0.416 e. The lowest BCUT2D eigenvalue weighted by Gasteiger charge is -2.25. The van der Waals surface area contributed by atoms with Crippen LogP contribution >= 0.6 is 0 Å². The first-order valence-electron chi connectivity index (χ1n) is 9.78. The highest BCUT2D eigenvalue weighted by atomic mass is 19.4. The fourth-order valence-corrected chi connectivity index (χ4v) is 3.81. The summed E-state index contributed by atoms with van der Waals surface area (Å²) in [5, 5.41) is 13.5. The third-order valence-corrected chi connectivity index (χ3v) is 5.37. The molecular weight excluding hydrogens is 395 g/mol. The second-order valence-electron chi connectivity index (χ2n) is 7.65. The Bertz CT molecular complexity index is 1060. The van der Waals surface area contributed by atoms with Gasteiger partial charge in [0.05, 0.1) is 11.1 Å². The summed E-state index contributed by atoms with van der Waals surface area (Å²) >= 11 is 0. The van der Waals surface area contributed by atoms with Crippen LogP contribution < -0.4 is 16.4 Å². The third kappa shape index (κ3) is 4.40. The molecular formula is C21H22F3N5O. The van der Waals surface area contributed by atoms with E-state index < -0.39 is 11.7 Å². The number of carbonyl (C=O) groups excluding carboxylic acids is 1. The normalized spacial score (nSPS) is 19.6. The van der Waals surface area contributed by atoms with Crippen LogP contribution in [-0.4, -0.2) is 22.1 Å². The number of amides is 1. The number of benzene rings is 2. The lowest BCUT2D eigenvalue weighted by atomic mass is 9.85. The van der Waals surface area contributed by atoms with Crippen molar-refractivity contribution in [3.8, 4) is 0 Å². The van der Waals surface area contributed by atoms with Gasteiger partial charge < -0.3 is 16.4 Å². The van der Waals surface area contributed by atoms with Crippen molar-refractivity contribution in [3.63, 3.8) is 0 Å². The van der Waals surface area contributed by atoms with Crippen molar-refractivity contribution in [2.45, 2.75) is 37.9 Å². The molecule has 1 aromatic heterocycles. The summed E-state index contributed by atoms with van der Waals surface area (Å²) in [4.78, 5) is 12.6. The first-order chi connectivity index (χ1) is 14.3. The number of nitrogens with zero attached hydrogens (tertiary/aromatic N) is 1. The standard InChI is InChI=1S/C21H22F3N5O/c22-21(23,24)13-4-2-6-15(10-13)26-19-17-11-16(7-8-18(17)28-29-19)27-20(30)12-3-1-5-14(25)9-12/h2,4,6-8,10-12,14H,1,3,5,9,25H2,(H,27,30)(H2,26,28,29). The molecule has 9 heteroatoms. The molecule has 0 saturated heterocycles. The van der Waals surface area contributed by atoms with Crippen molar-refractivity contribution in [2.75, 3.05) is 10.6 Å². The Kier molecular flexibility index (Phi) is 5.38. The number of H-pyrrole nitrogens is 1. The van der Waals surface area contributed by atoms with Gasteiger partial charge in [-0.3, -0.25) is 9.89 Å².